The fourth-order valence-electron chi connectivity index (χ4n) is 1.17. The Labute approximate surface area is 98.7 Å². The van der Waals surface area contributed by atoms with Gasteiger partial charge in [-0.2, -0.15) is 0 Å². The second-order valence-corrected chi connectivity index (χ2v) is 3.44. The molecule has 0 atom stereocenters. The number of carbonyl (C=O) groups is 2. The molecule has 0 radical (unpaired) electrons. The SMILES string of the molecule is COC(=O)c1ccc(C=CCC=O)cc1Cl. The molecule has 0 amide bonds. The largest absolute Gasteiger partial charge is 0.465 e. The minimum atomic E-state index is -0.464. The van der Waals surface area contributed by atoms with E-state index in [-0.39, 0.29) is 0 Å². The van der Waals surface area contributed by atoms with Gasteiger partial charge < -0.3 is 9.53 Å². The fraction of sp³-hybridized carbons (Fsp3) is 0.167. The standard InChI is InChI=1S/C12H11ClO3/c1-16-12(15)10-6-5-9(8-11(10)13)4-2-3-7-14/h2,4-8H,3H2,1H3. The van der Waals surface area contributed by atoms with E-state index in [4.69, 9.17) is 11.6 Å². The Kier molecular flexibility index (Phi) is 4.73. The third-order valence-electron chi connectivity index (χ3n) is 1.94. The molecule has 0 saturated carbocycles. The van der Waals surface area contributed by atoms with E-state index in [1.807, 2.05) is 0 Å². The van der Waals surface area contributed by atoms with Gasteiger partial charge in [0.2, 0.25) is 0 Å². The number of aldehydes is 1. The second kappa shape index (κ2) is 6.08. The Morgan fingerprint density at radius 3 is 2.81 bits per heavy atom. The molecule has 3 nitrogen and oxygen atoms in total. The van der Waals surface area contributed by atoms with Crippen LogP contribution in [0.3, 0.4) is 0 Å². The van der Waals surface area contributed by atoms with Crippen molar-refractivity contribution in [2.45, 2.75) is 6.42 Å². The number of methoxy groups -OCH3 is 1. The average Bonchev–Trinajstić information content (AvgIpc) is 2.29. The Balaban J connectivity index is 2.90. The van der Waals surface area contributed by atoms with Gasteiger partial charge in [-0.1, -0.05) is 29.8 Å². The van der Waals surface area contributed by atoms with Gasteiger partial charge in [0.1, 0.15) is 6.29 Å². The third-order valence-corrected chi connectivity index (χ3v) is 2.25. The summed E-state index contributed by atoms with van der Waals surface area (Å²) in [6, 6.07) is 4.98. The Bertz CT molecular complexity index is 424. The van der Waals surface area contributed by atoms with Crippen molar-refractivity contribution in [1.82, 2.24) is 0 Å². The smallest absolute Gasteiger partial charge is 0.339 e. The van der Waals surface area contributed by atoms with Gasteiger partial charge in [-0.05, 0) is 17.7 Å². The van der Waals surface area contributed by atoms with Gasteiger partial charge >= 0.3 is 5.97 Å². The summed E-state index contributed by atoms with van der Waals surface area (Å²) >= 11 is 5.91. The predicted molar refractivity (Wildman–Crippen MR) is 62.5 cm³/mol. The molecular weight excluding hydrogens is 228 g/mol. The van der Waals surface area contributed by atoms with Crippen LogP contribution in [0.25, 0.3) is 6.08 Å². The molecule has 0 unspecified atom stereocenters. The molecule has 4 heteroatoms. The molecule has 0 saturated heterocycles. The van der Waals surface area contributed by atoms with Gasteiger partial charge in [-0.3, -0.25) is 0 Å². The van der Waals surface area contributed by atoms with Gasteiger partial charge in [0.15, 0.2) is 0 Å². The highest BCUT2D eigenvalue weighted by atomic mass is 35.5. The van der Waals surface area contributed by atoms with Crippen molar-refractivity contribution in [3.63, 3.8) is 0 Å². The van der Waals surface area contributed by atoms with E-state index >= 15 is 0 Å². The topological polar surface area (TPSA) is 43.4 Å². The van der Waals surface area contributed by atoms with Gasteiger partial charge in [0.05, 0.1) is 17.7 Å². The van der Waals surface area contributed by atoms with Crippen molar-refractivity contribution in [2.75, 3.05) is 7.11 Å². The van der Waals surface area contributed by atoms with E-state index in [2.05, 4.69) is 4.74 Å². The van der Waals surface area contributed by atoms with Crippen LogP contribution in [0.1, 0.15) is 22.3 Å². The maximum absolute atomic E-state index is 11.2. The number of allylic oxidation sites excluding steroid dienone is 1. The summed E-state index contributed by atoms with van der Waals surface area (Å²) in [5.41, 5.74) is 1.16. The maximum Gasteiger partial charge on any atom is 0.339 e. The van der Waals surface area contributed by atoms with Crippen molar-refractivity contribution in [1.29, 1.82) is 0 Å². The first kappa shape index (κ1) is 12.5. The molecule has 0 bridgehead atoms. The first-order valence-electron chi connectivity index (χ1n) is 4.67. The summed E-state index contributed by atoms with van der Waals surface area (Å²) in [7, 11) is 1.30. The van der Waals surface area contributed by atoms with Gasteiger partial charge in [-0.15, -0.1) is 0 Å². The number of hydrogen-bond acceptors (Lipinski definition) is 3. The molecule has 1 aromatic carbocycles. The molecule has 0 spiro atoms. The van der Waals surface area contributed by atoms with Gasteiger partial charge in [0, 0.05) is 6.42 Å². The number of ether oxygens (including phenoxy) is 1. The molecule has 84 valence electrons. The van der Waals surface area contributed by atoms with Crippen LogP contribution in [0, 0.1) is 0 Å². The zero-order valence-electron chi connectivity index (χ0n) is 8.77. The van der Waals surface area contributed by atoms with Crippen LogP contribution in [0.15, 0.2) is 24.3 Å². The van der Waals surface area contributed by atoms with Crippen LogP contribution in [0.4, 0.5) is 0 Å². The molecule has 0 aliphatic rings. The van der Waals surface area contributed by atoms with Crippen LogP contribution in [-0.4, -0.2) is 19.4 Å². The lowest BCUT2D eigenvalue weighted by molar-refractivity contribution is -0.107. The summed E-state index contributed by atoms with van der Waals surface area (Å²) in [6.07, 6.45) is 4.65. The third kappa shape index (κ3) is 3.21. The summed E-state index contributed by atoms with van der Waals surface area (Å²) < 4.78 is 4.57. The molecule has 1 rings (SSSR count). The molecule has 16 heavy (non-hydrogen) atoms. The normalized spacial score (nSPS) is 10.4. The fourth-order valence-corrected chi connectivity index (χ4v) is 1.44. The molecular formula is C12H11ClO3. The molecule has 0 aliphatic carbocycles. The molecule has 1 aromatic rings. The maximum atomic E-state index is 11.2. The van der Waals surface area contributed by atoms with E-state index in [1.54, 1.807) is 30.4 Å². The quantitative estimate of drug-likeness (QED) is 0.598. The van der Waals surface area contributed by atoms with Crippen molar-refractivity contribution < 1.29 is 14.3 Å². The number of carbonyl (C=O) groups excluding carboxylic acids is 2. The van der Waals surface area contributed by atoms with Crippen LogP contribution >= 0.6 is 11.6 Å². The number of esters is 1. The first-order chi connectivity index (χ1) is 7.69. The monoisotopic (exact) mass is 238 g/mol. The lowest BCUT2D eigenvalue weighted by Gasteiger charge is -2.02. The van der Waals surface area contributed by atoms with Crippen LogP contribution in [0.5, 0.6) is 0 Å². The van der Waals surface area contributed by atoms with E-state index in [9.17, 15) is 9.59 Å². The minimum absolute atomic E-state index is 0.330. The molecule has 0 fully saturated rings. The van der Waals surface area contributed by atoms with Crippen LogP contribution < -0.4 is 0 Å². The summed E-state index contributed by atoms with van der Waals surface area (Å²) in [4.78, 5) is 21.3. The Morgan fingerprint density at radius 2 is 2.25 bits per heavy atom. The van der Waals surface area contributed by atoms with Crippen molar-refractivity contribution in [2.24, 2.45) is 0 Å². The van der Waals surface area contributed by atoms with E-state index in [1.165, 1.54) is 7.11 Å². The summed E-state index contributed by atoms with van der Waals surface area (Å²) in [5.74, 6) is -0.464. The highest BCUT2D eigenvalue weighted by Crippen LogP contribution is 2.19. The molecule has 0 aliphatic heterocycles. The molecule has 0 N–H and O–H groups in total. The minimum Gasteiger partial charge on any atom is -0.465 e. The summed E-state index contributed by atoms with van der Waals surface area (Å²) in [5, 5.41) is 0.333. The lowest BCUT2D eigenvalue weighted by atomic mass is 10.1. The first-order valence-corrected chi connectivity index (χ1v) is 5.05. The predicted octanol–water partition coefficient (Wildman–Crippen LogP) is 2.73. The van der Waals surface area contributed by atoms with Crippen LogP contribution in [0.2, 0.25) is 5.02 Å². The van der Waals surface area contributed by atoms with Gasteiger partial charge in [0.25, 0.3) is 0 Å². The lowest BCUT2D eigenvalue weighted by Crippen LogP contribution is -2.01. The zero-order valence-corrected chi connectivity index (χ0v) is 9.53. The Hall–Kier alpha value is -1.61. The van der Waals surface area contributed by atoms with Crippen molar-refractivity contribution in [3.05, 3.63) is 40.4 Å². The van der Waals surface area contributed by atoms with E-state index < -0.39 is 5.97 Å². The summed E-state index contributed by atoms with van der Waals surface area (Å²) in [6.45, 7) is 0. The number of rotatable bonds is 4. The number of hydrogen-bond donors (Lipinski definition) is 0. The van der Waals surface area contributed by atoms with E-state index in [0.29, 0.717) is 17.0 Å². The number of halogens is 1. The number of benzene rings is 1. The molecule has 0 heterocycles. The zero-order chi connectivity index (χ0) is 12.0. The van der Waals surface area contributed by atoms with E-state index in [0.717, 1.165) is 11.8 Å². The van der Waals surface area contributed by atoms with Crippen LogP contribution in [-0.2, 0) is 9.53 Å². The Morgan fingerprint density at radius 1 is 1.50 bits per heavy atom. The molecule has 0 aromatic heterocycles. The van der Waals surface area contributed by atoms with Gasteiger partial charge in [-0.25, -0.2) is 4.79 Å². The highest BCUT2D eigenvalue weighted by Gasteiger charge is 2.09. The average molecular weight is 239 g/mol. The highest BCUT2D eigenvalue weighted by molar-refractivity contribution is 6.33. The second-order valence-electron chi connectivity index (χ2n) is 3.04. The van der Waals surface area contributed by atoms with Crippen molar-refractivity contribution in [3.8, 4) is 0 Å². The van der Waals surface area contributed by atoms with Crippen molar-refractivity contribution >= 4 is 29.9 Å².